The first kappa shape index (κ1) is 20.7. The lowest BCUT2D eigenvalue weighted by atomic mass is 10.0. The molecule has 0 amide bonds. The highest BCUT2D eigenvalue weighted by Crippen LogP contribution is 2.35. The second-order valence-corrected chi connectivity index (χ2v) is 7.92. The zero-order valence-corrected chi connectivity index (χ0v) is 18.0. The number of carbonyl (C=O) groups excluding carboxylic acids is 1. The maximum atomic E-state index is 14.6. The van der Waals surface area contributed by atoms with Crippen LogP contribution in [0.15, 0.2) is 61.2 Å². The fourth-order valence-electron chi connectivity index (χ4n) is 3.84. The lowest BCUT2D eigenvalue weighted by Gasteiger charge is -2.34. The lowest BCUT2D eigenvalue weighted by Crippen LogP contribution is -2.38. The third kappa shape index (κ3) is 4.31. The van der Waals surface area contributed by atoms with Crippen LogP contribution >= 0.6 is 0 Å². The quantitative estimate of drug-likeness (QED) is 0.520. The molecule has 158 valence electrons. The minimum Gasteiger partial charge on any atom is -0.457 e. The molecular weight excluding hydrogens is 391 g/mol. The third-order valence-corrected chi connectivity index (χ3v) is 5.53. The fraction of sp³-hybridized carbons (Fsp3) is 0.192. The van der Waals surface area contributed by atoms with Crippen LogP contribution in [0.4, 0.5) is 10.1 Å². The van der Waals surface area contributed by atoms with Crippen molar-refractivity contribution in [3.8, 4) is 11.5 Å². The van der Waals surface area contributed by atoms with Crippen molar-refractivity contribution in [1.82, 2.24) is 5.32 Å². The van der Waals surface area contributed by atoms with Crippen LogP contribution in [-0.2, 0) is 6.54 Å². The van der Waals surface area contributed by atoms with Crippen molar-refractivity contribution in [3.05, 3.63) is 94.8 Å². The first-order valence-electron chi connectivity index (χ1n) is 10.2. The molecule has 1 N–H and O–H groups in total. The minimum atomic E-state index is -0.183. The van der Waals surface area contributed by atoms with E-state index in [-0.39, 0.29) is 11.6 Å². The molecule has 31 heavy (non-hydrogen) atoms. The van der Waals surface area contributed by atoms with E-state index in [0.29, 0.717) is 35.8 Å². The Morgan fingerprint density at radius 1 is 1.10 bits per heavy atom. The summed E-state index contributed by atoms with van der Waals surface area (Å²) in [5.74, 6) is 1.14. The number of halogens is 1. The number of ether oxygens (including phenoxy) is 1. The second-order valence-electron chi connectivity index (χ2n) is 7.92. The Morgan fingerprint density at radius 3 is 2.48 bits per heavy atom. The molecule has 0 fully saturated rings. The molecule has 3 aromatic rings. The van der Waals surface area contributed by atoms with Gasteiger partial charge < -0.3 is 15.0 Å². The smallest absolute Gasteiger partial charge is 0.159 e. The van der Waals surface area contributed by atoms with Crippen LogP contribution in [0.5, 0.6) is 11.5 Å². The van der Waals surface area contributed by atoms with Crippen molar-refractivity contribution < 1.29 is 13.9 Å². The summed E-state index contributed by atoms with van der Waals surface area (Å²) < 4.78 is 20.6. The number of ketones is 1. The van der Waals surface area contributed by atoms with Gasteiger partial charge in [0.2, 0.25) is 0 Å². The van der Waals surface area contributed by atoms with Crippen molar-refractivity contribution in [2.24, 2.45) is 0 Å². The molecule has 0 atom stereocenters. The van der Waals surface area contributed by atoms with Crippen molar-refractivity contribution in [3.63, 3.8) is 0 Å². The number of hydrogen-bond acceptors (Lipinski definition) is 4. The van der Waals surface area contributed by atoms with E-state index in [9.17, 15) is 9.18 Å². The van der Waals surface area contributed by atoms with Crippen molar-refractivity contribution in [2.45, 2.75) is 27.3 Å². The summed E-state index contributed by atoms with van der Waals surface area (Å²) in [6.45, 7) is 10.5. The Bertz CT molecular complexity index is 1150. The highest BCUT2D eigenvalue weighted by molar-refractivity contribution is 5.94. The van der Waals surface area contributed by atoms with Gasteiger partial charge >= 0.3 is 0 Å². The Kier molecular flexibility index (Phi) is 5.51. The number of nitrogens with one attached hydrogen (secondary N) is 1. The second kappa shape index (κ2) is 8.26. The zero-order chi connectivity index (χ0) is 22.1. The van der Waals surface area contributed by atoms with Gasteiger partial charge in [-0.25, -0.2) is 4.39 Å². The van der Waals surface area contributed by atoms with E-state index in [1.54, 1.807) is 30.3 Å². The number of nitrogens with zero attached hydrogens (tertiary/aromatic N) is 1. The molecule has 1 heterocycles. The van der Waals surface area contributed by atoms with E-state index in [4.69, 9.17) is 4.74 Å². The molecule has 0 unspecified atom stereocenters. The average Bonchev–Trinajstić information content (AvgIpc) is 2.73. The summed E-state index contributed by atoms with van der Waals surface area (Å²) in [7, 11) is 0. The predicted octanol–water partition coefficient (Wildman–Crippen LogP) is 5.98. The summed E-state index contributed by atoms with van der Waals surface area (Å²) in [6, 6.07) is 16.4. The van der Waals surface area contributed by atoms with Gasteiger partial charge in [0.05, 0.1) is 6.67 Å². The molecule has 0 spiro atoms. The molecule has 0 radical (unpaired) electrons. The molecule has 0 aliphatic carbocycles. The van der Waals surface area contributed by atoms with Gasteiger partial charge in [-0.2, -0.15) is 0 Å². The van der Waals surface area contributed by atoms with Gasteiger partial charge in [0.1, 0.15) is 17.3 Å². The summed E-state index contributed by atoms with van der Waals surface area (Å²) >= 11 is 0. The maximum Gasteiger partial charge on any atom is 0.159 e. The van der Waals surface area contributed by atoms with Gasteiger partial charge in [-0.3, -0.25) is 4.79 Å². The standard InChI is InChI=1S/C26H25FN2O2/c1-16-11-17(2)24(25(27)12-16)14-29-15-28-18(3)23-13-22(9-10-26(23)29)31-21-7-5-20(6-8-21)19(4)30/h5-13,28H,3,14-15H2,1-2,4H3. The number of rotatable bonds is 5. The molecule has 0 saturated carbocycles. The van der Waals surface area contributed by atoms with Crippen LogP contribution in [0, 0.1) is 19.7 Å². The van der Waals surface area contributed by atoms with Gasteiger partial charge in [0, 0.05) is 34.6 Å². The van der Waals surface area contributed by atoms with E-state index in [2.05, 4.69) is 16.8 Å². The summed E-state index contributed by atoms with van der Waals surface area (Å²) in [4.78, 5) is 13.5. The van der Waals surface area contributed by atoms with Crippen LogP contribution < -0.4 is 15.0 Å². The number of carbonyl (C=O) groups is 1. The van der Waals surface area contributed by atoms with E-state index in [1.807, 2.05) is 38.1 Å². The topological polar surface area (TPSA) is 41.6 Å². The van der Waals surface area contributed by atoms with Crippen molar-refractivity contribution >= 4 is 17.2 Å². The van der Waals surface area contributed by atoms with Crippen LogP contribution in [0.3, 0.4) is 0 Å². The van der Waals surface area contributed by atoms with E-state index >= 15 is 0 Å². The lowest BCUT2D eigenvalue weighted by molar-refractivity contribution is 0.101. The molecule has 0 bridgehead atoms. The number of Topliss-reactive ketones (excluding diaryl/α,β-unsaturated/α-hetero) is 1. The van der Waals surface area contributed by atoms with Crippen LogP contribution in [0.25, 0.3) is 5.70 Å². The van der Waals surface area contributed by atoms with Gasteiger partial charge in [-0.15, -0.1) is 0 Å². The number of benzene rings is 3. The van der Waals surface area contributed by atoms with Crippen LogP contribution in [0.2, 0.25) is 0 Å². The molecule has 0 aromatic heterocycles. The van der Waals surface area contributed by atoms with Crippen molar-refractivity contribution in [1.29, 1.82) is 0 Å². The molecule has 4 nitrogen and oxygen atoms in total. The molecule has 1 aliphatic heterocycles. The Balaban J connectivity index is 1.59. The third-order valence-electron chi connectivity index (χ3n) is 5.53. The molecule has 0 saturated heterocycles. The summed E-state index contributed by atoms with van der Waals surface area (Å²) in [6.07, 6.45) is 0. The number of fused-ring (bicyclic) bond motifs is 1. The maximum absolute atomic E-state index is 14.6. The highest BCUT2D eigenvalue weighted by atomic mass is 19.1. The van der Waals surface area contributed by atoms with E-state index in [1.165, 1.54) is 6.92 Å². The monoisotopic (exact) mass is 416 g/mol. The molecule has 4 rings (SSSR count). The zero-order valence-electron chi connectivity index (χ0n) is 18.0. The van der Waals surface area contributed by atoms with Crippen molar-refractivity contribution in [2.75, 3.05) is 11.6 Å². The largest absolute Gasteiger partial charge is 0.457 e. The van der Waals surface area contributed by atoms with Gasteiger partial charge in [-0.05, 0) is 80.4 Å². The highest BCUT2D eigenvalue weighted by Gasteiger charge is 2.22. The normalized spacial score (nSPS) is 12.9. The van der Waals surface area contributed by atoms with E-state index in [0.717, 1.165) is 28.1 Å². The van der Waals surface area contributed by atoms with E-state index < -0.39 is 0 Å². The Labute approximate surface area is 182 Å². The summed E-state index contributed by atoms with van der Waals surface area (Å²) in [5, 5.41) is 3.29. The summed E-state index contributed by atoms with van der Waals surface area (Å²) in [5.41, 5.74) is 5.88. The minimum absolute atomic E-state index is 0.0167. The predicted molar refractivity (Wildman–Crippen MR) is 122 cm³/mol. The number of anilines is 1. The van der Waals surface area contributed by atoms with Gasteiger partial charge in [0.25, 0.3) is 0 Å². The first-order valence-corrected chi connectivity index (χ1v) is 10.2. The first-order chi connectivity index (χ1) is 14.8. The molecular formula is C26H25FN2O2. The SMILES string of the molecule is C=C1NCN(Cc2c(C)cc(C)cc2F)c2ccc(Oc3ccc(C(C)=O)cc3)cc21. The van der Waals surface area contributed by atoms with Gasteiger partial charge in [0.15, 0.2) is 5.78 Å². The fourth-order valence-corrected chi connectivity index (χ4v) is 3.84. The molecule has 1 aliphatic rings. The Hall–Kier alpha value is -3.60. The molecule has 5 heteroatoms. The van der Waals surface area contributed by atoms with Crippen LogP contribution in [-0.4, -0.2) is 12.5 Å². The van der Waals surface area contributed by atoms with Gasteiger partial charge in [-0.1, -0.05) is 12.6 Å². The average molecular weight is 416 g/mol. The molecule has 3 aromatic carbocycles. The van der Waals surface area contributed by atoms with Crippen LogP contribution in [0.1, 0.15) is 39.5 Å². The number of aryl methyl sites for hydroxylation is 2. The Morgan fingerprint density at radius 2 is 1.81 bits per heavy atom. The number of hydrogen-bond donors (Lipinski definition) is 1.